The Labute approximate surface area is 124 Å². The molecular formula is C13H25N2O6. The molecule has 8 heteroatoms. The van der Waals surface area contributed by atoms with Crippen LogP contribution in [-0.2, 0) is 9.94 Å². The van der Waals surface area contributed by atoms with Gasteiger partial charge in [0.15, 0.2) is 0 Å². The molecule has 21 heavy (non-hydrogen) atoms. The first-order valence-electron chi connectivity index (χ1n) is 6.91. The Morgan fingerprint density at radius 2 is 1.90 bits per heavy atom. The summed E-state index contributed by atoms with van der Waals surface area (Å²) in [6.07, 6.45) is -3.57. The van der Waals surface area contributed by atoms with Gasteiger partial charge < -0.3 is 25.4 Å². The van der Waals surface area contributed by atoms with Crippen LogP contribution in [0.15, 0.2) is 0 Å². The number of nitrogens with one attached hydrogen (secondary N) is 1. The third kappa shape index (κ3) is 4.04. The van der Waals surface area contributed by atoms with Crippen LogP contribution in [0.3, 0.4) is 0 Å². The highest BCUT2D eigenvalue weighted by atomic mass is 16.6. The zero-order chi connectivity index (χ0) is 16.4. The first kappa shape index (κ1) is 18.1. The van der Waals surface area contributed by atoms with E-state index in [4.69, 9.17) is 14.9 Å². The lowest BCUT2D eigenvalue weighted by molar-refractivity contribution is -0.251. The van der Waals surface area contributed by atoms with Crippen molar-refractivity contribution in [3.63, 3.8) is 0 Å². The fraction of sp³-hybridized carbons (Fsp3) is 0.923. The van der Waals surface area contributed by atoms with E-state index in [1.807, 2.05) is 0 Å². The number of carbonyl (C=O) groups is 1. The van der Waals surface area contributed by atoms with Crippen LogP contribution in [-0.4, -0.2) is 69.0 Å². The van der Waals surface area contributed by atoms with E-state index < -0.39 is 42.1 Å². The molecule has 0 spiro atoms. The number of hydrogen-bond acceptors (Lipinski definition) is 6. The van der Waals surface area contributed by atoms with Crippen LogP contribution in [0.1, 0.15) is 34.1 Å². The Hall–Kier alpha value is -0.930. The van der Waals surface area contributed by atoms with Crippen molar-refractivity contribution in [3.05, 3.63) is 0 Å². The number of carbonyl (C=O) groups excluding carboxylic acids is 1. The van der Waals surface area contributed by atoms with E-state index >= 15 is 0 Å². The number of rotatable bonds is 5. The zero-order valence-electron chi connectivity index (χ0n) is 12.9. The van der Waals surface area contributed by atoms with Crippen LogP contribution >= 0.6 is 0 Å². The molecule has 4 N–H and O–H groups in total. The summed E-state index contributed by atoms with van der Waals surface area (Å²) in [5.41, 5.74) is -1.47. The maximum absolute atomic E-state index is 12.1. The first-order valence-corrected chi connectivity index (χ1v) is 6.91. The van der Waals surface area contributed by atoms with Crippen molar-refractivity contribution in [1.82, 2.24) is 10.4 Å². The summed E-state index contributed by atoms with van der Waals surface area (Å²) < 4.78 is 5.25. The quantitative estimate of drug-likeness (QED) is 0.538. The Balaban J connectivity index is 2.52. The van der Waals surface area contributed by atoms with Crippen LogP contribution in [0.2, 0.25) is 0 Å². The van der Waals surface area contributed by atoms with Crippen molar-refractivity contribution < 1.29 is 30.1 Å². The lowest BCUT2D eigenvalue weighted by Gasteiger charge is -2.32. The number of aliphatic hydroxyl groups is 3. The van der Waals surface area contributed by atoms with Crippen molar-refractivity contribution in [2.75, 3.05) is 13.2 Å². The normalized spacial score (nSPS) is 27.1. The van der Waals surface area contributed by atoms with E-state index in [0.29, 0.717) is 6.42 Å². The molecule has 123 valence electrons. The third-order valence-corrected chi connectivity index (χ3v) is 3.88. The topological polar surface area (TPSA) is 122 Å². The van der Waals surface area contributed by atoms with Crippen LogP contribution < -0.4 is 5.32 Å². The summed E-state index contributed by atoms with van der Waals surface area (Å²) in [5.74, 6) is 0. The number of aliphatic hydroxyl groups excluding tert-OH is 3. The first-order chi connectivity index (χ1) is 9.52. The van der Waals surface area contributed by atoms with E-state index in [9.17, 15) is 15.1 Å². The molecular weight excluding hydrogens is 280 g/mol. The highest BCUT2D eigenvalue weighted by Crippen LogP contribution is 2.41. The fourth-order valence-corrected chi connectivity index (χ4v) is 2.50. The largest absolute Gasteiger partial charge is 0.444 e. The summed E-state index contributed by atoms with van der Waals surface area (Å²) in [7, 11) is 0. The fourth-order valence-electron chi connectivity index (χ4n) is 2.50. The number of amides is 1. The SMILES string of the molecule is CC1(C)CC(OC(=O)NCC(O)C(O)CO)C(C)(C)N1[O]. The Kier molecular flexibility index (Phi) is 5.57. The molecule has 1 fully saturated rings. The van der Waals surface area contributed by atoms with Crippen LogP contribution in [0, 0.1) is 0 Å². The van der Waals surface area contributed by atoms with Crippen LogP contribution in [0.5, 0.6) is 0 Å². The van der Waals surface area contributed by atoms with Gasteiger partial charge in [0.2, 0.25) is 0 Å². The highest BCUT2D eigenvalue weighted by molar-refractivity contribution is 5.67. The van der Waals surface area contributed by atoms with Crippen molar-refractivity contribution in [2.24, 2.45) is 0 Å². The predicted molar refractivity (Wildman–Crippen MR) is 72.7 cm³/mol. The minimum Gasteiger partial charge on any atom is -0.444 e. The summed E-state index contributed by atoms with van der Waals surface area (Å²) in [5, 5.41) is 42.6. The molecule has 0 aromatic heterocycles. The summed E-state index contributed by atoms with van der Waals surface area (Å²) in [4.78, 5) is 11.7. The van der Waals surface area contributed by atoms with Gasteiger partial charge in [-0.2, -0.15) is 0 Å². The zero-order valence-corrected chi connectivity index (χ0v) is 12.9. The molecule has 1 saturated heterocycles. The Morgan fingerprint density at radius 1 is 1.33 bits per heavy atom. The molecule has 1 rings (SSSR count). The molecule has 0 saturated carbocycles. The second kappa shape index (κ2) is 6.45. The van der Waals surface area contributed by atoms with Gasteiger partial charge in [0.1, 0.15) is 12.2 Å². The van der Waals surface area contributed by atoms with Crippen molar-refractivity contribution in [1.29, 1.82) is 0 Å². The van der Waals surface area contributed by atoms with E-state index in [2.05, 4.69) is 5.32 Å². The molecule has 3 atom stereocenters. The van der Waals surface area contributed by atoms with Crippen LogP contribution in [0.4, 0.5) is 4.79 Å². The molecule has 0 aliphatic carbocycles. The standard InChI is InChI=1S/C13H25N2O6/c1-12(2)5-10(13(3,4)15(12)20)21-11(19)14-6-8(17)9(18)7-16/h8-10,16-18H,5-7H2,1-4H3,(H,14,19). The molecule has 0 bridgehead atoms. The molecule has 1 aliphatic rings. The predicted octanol–water partition coefficient (Wildman–Crippen LogP) is -0.596. The smallest absolute Gasteiger partial charge is 0.407 e. The van der Waals surface area contributed by atoms with Crippen LogP contribution in [0.25, 0.3) is 0 Å². The number of hydrogen-bond donors (Lipinski definition) is 4. The number of hydroxylamine groups is 2. The monoisotopic (exact) mass is 305 g/mol. The number of nitrogens with zero attached hydrogens (tertiary/aromatic N) is 1. The minimum atomic E-state index is -1.33. The van der Waals surface area contributed by atoms with Gasteiger partial charge in [0.25, 0.3) is 0 Å². The number of alkyl carbamates (subject to hydrolysis) is 1. The molecule has 1 amide bonds. The van der Waals surface area contributed by atoms with Gasteiger partial charge in [-0.05, 0) is 27.7 Å². The molecule has 1 aliphatic heterocycles. The van der Waals surface area contributed by atoms with E-state index in [-0.39, 0.29) is 6.54 Å². The molecule has 8 nitrogen and oxygen atoms in total. The number of ether oxygens (including phenoxy) is 1. The second-order valence-electron chi connectivity index (χ2n) is 6.56. The maximum Gasteiger partial charge on any atom is 0.407 e. The summed E-state index contributed by atoms with van der Waals surface area (Å²) in [6, 6.07) is 0. The van der Waals surface area contributed by atoms with Gasteiger partial charge in [-0.15, -0.1) is 10.3 Å². The minimum absolute atomic E-state index is 0.252. The lowest BCUT2D eigenvalue weighted by Crippen LogP contribution is -2.49. The average molecular weight is 305 g/mol. The third-order valence-electron chi connectivity index (χ3n) is 3.88. The molecule has 3 unspecified atom stereocenters. The van der Waals surface area contributed by atoms with Gasteiger partial charge in [-0.1, -0.05) is 0 Å². The van der Waals surface area contributed by atoms with E-state index in [1.165, 1.54) is 0 Å². The van der Waals surface area contributed by atoms with Crippen molar-refractivity contribution in [2.45, 2.75) is 63.5 Å². The van der Waals surface area contributed by atoms with Gasteiger partial charge in [-0.25, -0.2) is 4.79 Å². The maximum atomic E-state index is 12.1. The second-order valence-corrected chi connectivity index (χ2v) is 6.56. The van der Waals surface area contributed by atoms with Gasteiger partial charge >= 0.3 is 6.09 Å². The Morgan fingerprint density at radius 3 is 2.33 bits per heavy atom. The molecule has 0 aromatic rings. The summed E-state index contributed by atoms with van der Waals surface area (Å²) in [6.45, 7) is 6.12. The highest BCUT2D eigenvalue weighted by Gasteiger charge is 2.54. The van der Waals surface area contributed by atoms with Crippen molar-refractivity contribution >= 4 is 6.09 Å². The molecule has 1 heterocycles. The summed E-state index contributed by atoms with van der Waals surface area (Å²) >= 11 is 0. The van der Waals surface area contributed by atoms with Gasteiger partial charge in [-0.3, -0.25) is 0 Å². The average Bonchev–Trinajstić information content (AvgIpc) is 2.55. The lowest BCUT2D eigenvalue weighted by atomic mass is 9.97. The Bertz CT molecular complexity index is 374. The van der Waals surface area contributed by atoms with Crippen molar-refractivity contribution in [3.8, 4) is 0 Å². The van der Waals surface area contributed by atoms with E-state index in [0.717, 1.165) is 5.06 Å². The molecule has 1 radical (unpaired) electrons. The van der Waals surface area contributed by atoms with Gasteiger partial charge in [0, 0.05) is 18.5 Å². The molecule has 0 aromatic carbocycles. The van der Waals surface area contributed by atoms with Gasteiger partial charge in [0.05, 0.1) is 18.2 Å². The van der Waals surface area contributed by atoms with E-state index in [1.54, 1.807) is 27.7 Å².